The Morgan fingerprint density at radius 2 is 1.90 bits per heavy atom. The summed E-state index contributed by atoms with van der Waals surface area (Å²) in [4.78, 5) is 0. The molecule has 0 fully saturated rings. The molecule has 2 rings (SSSR count). The van der Waals surface area contributed by atoms with Crippen LogP contribution in [0, 0.1) is 13.8 Å². The molecule has 1 N–H and O–H groups in total. The largest absolute Gasteiger partial charge is 0.416 e. The number of aryl methyl sites for hydroxylation is 3. The number of halogens is 3. The molecule has 2 aromatic rings. The molecule has 114 valence electrons. The summed E-state index contributed by atoms with van der Waals surface area (Å²) in [6.45, 7) is 6.50. The Labute approximate surface area is 121 Å². The highest BCUT2D eigenvalue weighted by atomic mass is 19.4. The lowest BCUT2D eigenvalue weighted by Crippen LogP contribution is -2.10. The van der Waals surface area contributed by atoms with Crippen molar-refractivity contribution in [2.24, 2.45) is 0 Å². The molecule has 0 unspecified atom stereocenters. The van der Waals surface area contributed by atoms with Gasteiger partial charge in [-0.1, -0.05) is 6.07 Å². The van der Waals surface area contributed by atoms with Gasteiger partial charge in [0.2, 0.25) is 0 Å². The summed E-state index contributed by atoms with van der Waals surface area (Å²) in [5.74, 6) is 0. The van der Waals surface area contributed by atoms with E-state index in [0.29, 0.717) is 12.2 Å². The highest BCUT2D eigenvalue weighted by Gasteiger charge is 2.32. The third-order valence-corrected chi connectivity index (χ3v) is 3.30. The molecule has 0 atom stereocenters. The minimum Gasteiger partial charge on any atom is -0.379 e. The molecule has 0 aliphatic heterocycles. The fraction of sp³-hybridized carbons (Fsp3) is 0.400. The number of rotatable bonds is 4. The van der Waals surface area contributed by atoms with Crippen LogP contribution in [0.25, 0.3) is 0 Å². The van der Waals surface area contributed by atoms with E-state index in [1.807, 2.05) is 24.6 Å². The van der Waals surface area contributed by atoms with Crippen LogP contribution >= 0.6 is 0 Å². The molecule has 0 spiro atoms. The van der Waals surface area contributed by atoms with Crippen molar-refractivity contribution in [1.29, 1.82) is 0 Å². The Hall–Kier alpha value is -1.98. The van der Waals surface area contributed by atoms with Crippen molar-refractivity contribution < 1.29 is 13.2 Å². The van der Waals surface area contributed by atoms with Gasteiger partial charge in [0.1, 0.15) is 0 Å². The fourth-order valence-electron chi connectivity index (χ4n) is 2.25. The summed E-state index contributed by atoms with van der Waals surface area (Å²) >= 11 is 0. The molecule has 6 heteroatoms. The number of nitrogens with zero attached hydrogens (tertiary/aromatic N) is 2. The van der Waals surface area contributed by atoms with E-state index in [2.05, 4.69) is 10.4 Å². The van der Waals surface area contributed by atoms with Gasteiger partial charge in [-0.05, 0) is 44.5 Å². The molecule has 0 aliphatic rings. The Morgan fingerprint density at radius 3 is 2.52 bits per heavy atom. The van der Waals surface area contributed by atoms with E-state index in [0.717, 1.165) is 24.0 Å². The molecule has 3 nitrogen and oxygen atoms in total. The molecular formula is C15H18F3N3. The zero-order valence-corrected chi connectivity index (χ0v) is 12.3. The quantitative estimate of drug-likeness (QED) is 0.918. The first-order valence-electron chi connectivity index (χ1n) is 6.76. The maximum Gasteiger partial charge on any atom is 0.416 e. The van der Waals surface area contributed by atoms with E-state index < -0.39 is 11.7 Å². The number of benzene rings is 1. The summed E-state index contributed by atoms with van der Waals surface area (Å²) in [5, 5.41) is 7.34. The molecule has 0 amide bonds. The monoisotopic (exact) mass is 297 g/mol. The van der Waals surface area contributed by atoms with Crippen molar-refractivity contribution in [3.63, 3.8) is 0 Å². The predicted molar refractivity (Wildman–Crippen MR) is 76.1 cm³/mol. The van der Waals surface area contributed by atoms with Gasteiger partial charge in [0.05, 0.1) is 23.5 Å². The SMILES string of the molecule is CCn1nc(C)cc1CNc1ccc(C)c(C(F)(F)F)c1. The van der Waals surface area contributed by atoms with Crippen LogP contribution in [-0.4, -0.2) is 9.78 Å². The molecular weight excluding hydrogens is 279 g/mol. The second-order valence-electron chi connectivity index (χ2n) is 4.97. The number of nitrogens with one attached hydrogen (secondary N) is 1. The molecule has 1 aromatic heterocycles. The standard InChI is InChI=1S/C15H18F3N3/c1-4-21-13(7-11(3)20-21)9-19-12-6-5-10(2)14(8-12)15(16,17)18/h5-8,19H,4,9H2,1-3H3. The van der Waals surface area contributed by atoms with Crippen molar-refractivity contribution in [3.8, 4) is 0 Å². The van der Waals surface area contributed by atoms with Gasteiger partial charge in [0, 0.05) is 12.2 Å². The maximum atomic E-state index is 12.9. The Balaban J connectivity index is 2.17. The highest BCUT2D eigenvalue weighted by Crippen LogP contribution is 2.33. The van der Waals surface area contributed by atoms with E-state index in [4.69, 9.17) is 0 Å². The van der Waals surface area contributed by atoms with Gasteiger partial charge in [0.15, 0.2) is 0 Å². The molecule has 1 heterocycles. The molecule has 21 heavy (non-hydrogen) atoms. The van der Waals surface area contributed by atoms with Crippen molar-refractivity contribution in [2.45, 2.75) is 40.0 Å². The second kappa shape index (κ2) is 5.79. The van der Waals surface area contributed by atoms with Crippen LogP contribution in [0.15, 0.2) is 24.3 Å². The van der Waals surface area contributed by atoms with Gasteiger partial charge < -0.3 is 5.32 Å². The van der Waals surface area contributed by atoms with E-state index in [-0.39, 0.29) is 5.56 Å². The Bertz CT molecular complexity index is 630. The van der Waals surface area contributed by atoms with Crippen LogP contribution in [0.5, 0.6) is 0 Å². The first-order valence-corrected chi connectivity index (χ1v) is 6.76. The lowest BCUT2D eigenvalue weighted by Gasteiger charge is -2.13. The lowest BCUT2D eigenvalue weighted by atomic mass is 10.1. The second-order valence-corrected chi connectivity index (χ2v) is 4.97. The summed E-state index contributed by atoms with van der Waals surface area (Å²) in [6.07, 6.45) is -4.33. The molecule has 1 aromatic carbocycles. The number of alkyl halides is 3. The minimum atomic E-state index is -4.33. The number of anilines is 1. The van der Waals surface area contributed by atoms with E-state index in [9.17, 15) is 13.2 Å². The van der Waals surface area contributed by atoms with Crippen LogP contribution < -0.4 is 5.32 Å². The van der Waals surface area contributed by atoms with Gasteiger partial charge in [-0.15, -0.1) is 0 Å². The van der Waals surface area contributed by atoms with Crippen LogP contribution in [0.1, 0.15) is 29.4 Å². The Morgan fingerprint density at radius 1 is 1.19 bits per heavy atom. The molecule has 0 saturated carbocycles. The third kappa shape index (κ3) is 3.56. The molecule has 0 radical (unpaired) electrons. The lowest BCUT2D eigenvalue weighted by molar-refractivity contribution is -0.138. The van der Waals surface area contributed by atoms with Gasteiger partial charge in [-0.2, -0.15) is 18.3 Å². The van der Waals surface area contributed by atoms with Gasteiger partial charge in [0.25, 0.3) is 0 Å². The third-order valence-electron chi connectivity index (χ3n) is 3.30. The van der Waals surface area contributed by atoms with E-state index in [1.54, 1.807) is 6.07 Å². The van der Waals surface area contributed by atoms with Crippen molar-refractivity contribution in [1.82, 2.24) is 9.78 Å². The highest BCUT2D eigenvalue weighted by molar-refractivity contribution is 5.49. The predicted octanol–water partition coefficient (Wildman–Crippen LogP) is 4.15. The van der Waals surface area contributed by atoms with Crippen LogP contribution in [0.2, 0.25) is 0 Å². The zero-order chi connectivity index (χ0) is 15.6. The van der Waals surface area contributed by atoms with E-state index >= 15 is 0 Å². The Kier molecular flexibility index (Phi) is 4.25. The fourth-order valence-corrected chi connectivity index (χ4v) is 2.25. The van der Waals surface area contributed by atoms with Gasteiger partial charge in [-0.3, -0.25) is 4.68 Å². The summed E-state index contributed by atoms with van der Waals surface area (Å²) in [7, 11) is 0. The topological polar surface area (TPSA) is 29.9 Å². The number of aromatic nitrogens is 2. The van der Waals surface area contributed by atoms with Crippen molar-refractivity contribution in [2.75, 3.05) is 5.32 Å². The van der Waals surface area contributed by atoms with Crippen LogP contribution in [0.4, 0.5) is 18.9 Å². The summed E-state index contributed by atoms with van der Waals surface area (Å²) < 4.78 is 40.5. The molecule has 0 saturated heterocycles. The van der Waals surface area contributed by atoms with Crippen molar-refractivity contribution >= 4 is 5.69 Å². The van der Waals surface area contributed by atoms with Crippen LogP contribution in [0.3, 0.4) is 0 Å². The first kappa shape index (κ1) is 15.4. The van der Waals surface area contributed by atoms with Crippen molar-refractivity contribution in [3.05, 3.63) is 46.8 Å². The average molecular weight is 297 g/mol. The molecule has 0 bridgehead atoms. The minimum absolute atomic E-state index is 0.225. The zero-order valence-electron chi connectivity index (χ0n) is 12.3. The number of hydrogen-bond acceptors (Lipinski definition) is 2. The first-order chi connectivity index (χ1) is 9.81. The average Bonchev–Trinajstić information content (AvgIpc) is 2.77. The smallest absolute Gasteiger partial charge is 0.379 e. The number of hydrogen-bond donors (Lipinski definition) is 1. The van der Waals surface area contributed by atoms with E-state index in [1.165, 1.54) is 13.0 Å². The summed E-state index contributed by atoms with van der Waals surface area (Å²) in [5.41, 5.74) is 1.92. The molecule has 0 aliphatic carbocycles. The summed E-state index contributed by atoms with van der Waals surface area (Å²) in [6, 6.07) is 6.21. The normalized spacial score (nSPS) is 11.7. The van der Waals surface area contributed by atoms with Crippen LogP contribution in [-0.2, 0) is 19.3 Å². The maximum absolute atomic E-state index is 12.9. The van der Waals surface area contributed by atoms with Gasteiger partial charge in [-0.25, -0.2) is 0 Å². The van der Waals surface area contributed by atoms with Gasteiger partial charge >= 0.3 is 6.18 Å².